The van der Waals surface area contributed by atoms with Crippen molar-refractivity contribution in [2.45, 2.75) is 33.2 Å². The SMILES string of the molecule is COc1ccc(CNC(=O)c2ccc(Oc3cc(C(C)C)ccc3C)o2)c(OC)c1. The maximum atomic E-state index is 12.5. The van der Waals surface area contributed by atoms with E-state index >= 15 is 0 Å². The molecule has 3 aromatic rings. The van der Waals surface area contributed by atoms with Gasteiger partial charge in [-0.05, 0) is 48.2 Å². The van der Waals surface area contributed by atoms with Crippen LogP contribution in [0.2, 0.25) is 0 Å². The van der Waals surface area contributed by atoms with E-state index in [1.54, 1.807) is 32.4 Å². The second-order valence-corrected chi connectivity index (χ2v) is 7.26. The van der Waals surface area contributed by atoms with Crippen molar-refractivity contribution < 1.29 is 23.4 Å². The lowest BCUT2D eigenvalue weighted by atomic mass is 10.0. The first kappa shape index (κ1) is 21.3. The maximum Gasteiger partial charge on any atom is 0.290 e. The van der Waals surface area contributed by atoms with Crippen LogP contribution in [-0.2, 0) is 6.54 Å². The van der Waals surface area contributed by atoms with Gasteiger partial charge in [0.2, 0.25) is 0 Å². The van der Waals surface area contributed by atoms with E-state index in [1.165, 1.54) is 5.56 Å². The lowest BCUT2D eigenvalue weighted by molar-refractivity contribution is 0.0918. The molecule has 1 amide bonds. The summed E-state index contributed by atoms with van der Waals surface area (Å²) in [6.45, 7) is 6.51. The molecule has 0 saturated heterocycles. The van der Waals surface area contributed by atoms with E-state index < -0.39 is 0 Å². The molecule has 0 radical (unpaired) electrons. The Morgan fingerprint density at radius 3 is 2.50 bits per heavy atom. The van der Waals surface area contributed by atoms with Crippen LogP contribution in [0.3, 0.4) is 0 Å². The molecule has 0 bridgehead atoms. The quantitative estimate of drug-likeness (QED) is 0.536. The zero-order valence-corrected chi connectivity index (χ0v) is 17.9. The fourth-order valence-corrected chi connectivity index (χ4v) is 2.95. The van der Waals surface area contributed by atoms with Crippen molar-refractivity contribution in [3.63, 3.8) is 0 Å². The number of carbonyl (C=O) groups is 1. The third-order valence-electron chi connectivity index (χ3n) is 4.83. The Bertz CT molecular complexity index is 1020. The van der Waals surface area contributed by atoms with Crippen molar-refractivity contribution in [1.82, 2.24) is 5.32 Å². The van der Waals surface area contributed by atoms with Gasteiger partial charge in [-0.15, -0.1) is 0 Å². The largest absolute Gasteiger partial charge is 0.497 e. The van der Waals surface area contributed by atoms with Crippen LogP contribution in [0.25, 0.3) is 0 Å². The van der Waals surface area contributed by atoms with Crippen LogP contribution in [0.1, 0.15) is 47.0 Å². The second kappa shape index (κ2) is 9.39. The Kier molecular flexibility index (Phi) is 6.67. The van der Waals surface area contributed by atoms with Crippen molar-refractivity contribution in [3.8, 4) is 23.2 Å². The predicted molar refractivity (Wildman–Crippen MR) is 115 cm³/mol. The summed E-state index contributed by atoms with van der Waals surface area (Å²) in [5, 5.41) is 2.83. The van der Waals surface area contributed by atoms with Gasteiger partial charge in [-0.1, -0.05) is 26.0 Å². The fourth-order valence-electron chi connectivity index (χ4n) is 2.95. The van der Waals surface area contributed by atoms with Crippen molar-refractivity contribution >= 4 is 5.91 Å². The third kappa shape index (κ3) is 4.95. The fraction of sp³-hybridized carbons (Fsp3) is 0.292. The molecule has 0 spiro atoms. The minimum Gasteiger partial charge on any atom is -0.497 e. The number of carbonyl (C=O) groups excluding carboxylic acids is 1. The minimum atomic E-state index is -0.338. The van der Waals surface area contributed by atoms with Crippen LogP contribution < -0.4 is 19.5 Å². The first-order valence-electron chi connectivity index (χ1n) is 9.78. The molecule has 3 rings (SSSR count). The summed E-state index contributed by atoms with van der Waals surface area (Å²) >= 11 is 0. The van der Waals surface area contributed by atoms with Gasteiger partial charge in [-0.3, -0.25) is 4.79 Å². The molecule has 6 nitrogen and oxygen atoms in total. The molecule has 0 saturated carbocycles. The highest BCUT2D eigenvalue weighted by molar-refractivity contribution is 5.91. The summed E-state index contributed by atoms with van der Waals surface area (Å²) in [7, 11) is 3.17. The summed E-state index contributed by atoms with van der Waals surface area (Å²) in [6.07, 6.45) is 0. The number of hydrogen-bond acceptors (Lipinski definition) is 5. The topological polar surface area (TPSA) is 69.9 Å². The van der Waals surface area contributed by atoms with Crippen molar-refractivity contribution in [2.75, 3.05) is 14.2 Å². The van der Waals surface area contributed by atoms with Gasteiger partial charge in [0.05, 0.1) is 14.2 Å². The number of furan rings is 1. The Morgan fingerprint density at radius 1 is 1.00 bits per heavy atom. The number of ether oxygens (including phenoxy) is 3. The number of amides is 1. The Morgan fingerprint density at radius 2 is 1.80 bits per heavy atom. The van der Waals surface area contributed by atoms with Crippen LogP contribution in [0.5, 0.6) is 23.2 Å². The van der Waals surface area contributed by atoms with Gasteiger partial charge < -0.3 is 23.9 Å². The van der Waals surface area contributed by atoms with Crippen molar-refractivity contribution in [2.24, 2.45) is 0 Å². The standard InChI is InChI=1S/C24H27NO5/c1-15(2)17-7-6-16(3)21(12-17)30-23-11-10-20(29-23)24(26)25-14-18-8-9-19(27-4)13-22(18)28-5/h6-13,15H,14H2,1-5H3,(H,25,26). The van der Waals surface area contributed by atoms with Crippen molar-refractivity contribution in [3.05, 3.63) is 71.0 Å². The van der Waals surface area contributed by atoms with E-state index in [0.717, 1.165) is 11.1 Å². The van der Waals surface area contributed by atoms with Gasteiger partial charge in [0, 0.05) is 24.2 Å². The molecule has 0 unspecified atom stereocenters. The molecular formula is C24H27NO5. The average Bonchev–Trinajstić information content (AvgIpc) is 3.22. The van der Waals surface area contributed by atoms with E-state index in [9.17, 15) is 4.79 Å². The highest BCUT2D eigenvalue weighted by Crippen LogP contribution is 2.30. The Balaban J connectivity index is 1.66. The Labute approximate surface area is 176 Å². The summed E-state index contributed by atoms with van der Waals surface area (Å²) in [5.41, 5.74) is 3.00. The highest BCUT2D eigenvalue weighted by Gasteiger charge is 2.15. The molecule has 1 N–H and O–H groups in total. The molecule has 0 aliphatic rings. The smallest absolute Gasteiger partial charge is 0.290 e. The molecule has 158 valence electrons. The number of benzene rings is 2. The molecule has 0 aliphatic heterocycles. The van der Waals surface area contributed by atoms with Gasteiger partial charge in [0.25, 0.3) is 11.9 Å². The van der Waals surface area contributed by atoms with Gasteiger partial charge in [-0.2, -0.15) is 0 Å². The van der Waals surface area contributed by atoms with Gasteiger partial charge in [0.1, 0.15) is 17.2 Å². The van der Waals surface area contributed by atoms with Gasteiger partial charge in [0.15, 0.2) is 5.76 Å². The second-order valence-electron chi connectivity index (χ2n) is 7.26. The van der Waals surface area contributed by atoms with E-state index in [2.05, 4.69) is 25.2 Å². The predicted octanol–water partition coefficient (Wildman–Crippen LogP) is 5.45. The van der Waals surface area contributed by atoms with Crippen LogP contribution in [-0.4, -0.2) is 20.1 Å². The lowest BCUT2D eigenvalue weighted by Crippen LogP contribution is -2.22. The maximum absolute atomic E-state index is 12.5. The lowest BCUT2D eigenvalue weighted by Gasteiger charge is -2.11. The molecular weight excluding hydrogens is 382 g/mol. The summed E-state index contributed by atoms with van der Waals surface area (Å²) in [4.78, 5) is 12.5. The van der Waals surface area contributed by atoms with Crippen LogP contribution in [0.4, 0.5) is 0 Å². The molecule has 0 fully saturated rings. The molecule has 1 aromatic heterocycles. The zero-order valence-electron chi connectivity index (χ0n) is 17.9. The summed E-state index contributed by atoms with van der Waals surface area (Å²) < 4.78 is 22.0. The summed E-state index contributed by atoms with van der Waals surface area (Å²) in [5.74, 6) is 2.54. The molecule has 0 aliphatic carbocycles. The third-order valence-corrected chi connectivity index (χ3v) is 4.83. The number of hydrogen-bond donors (Lipinski definition) is 1. The molecule has 2 aromatic carbocycles. The van der Waals surface area contributed by atoms with Crippen LogP contribution >= 0.6 is 0 Å². The van der Waals surface area contributed by atoms with E-state index in [-0.39, 0.29) is 17.6 Å². The first-order valence-corrected chi connectivity index (χ1v) is 9.78. The van der Waals surface area contributed by atoms with Crippen LogP contribution in [0, 0.1) is 6.92 Å². The van der Waals surface area contributed by atoms with Crippen LogP contribution in [0.15, 0.2) is 52.9 Å². The number of nitrogens with one attached hydrogen (secondary N) is 1. The molecule has 30 heavy (non-hydrogen) atoms. The van der Waals surface area contributed by atoms with Gasteiger partial charge >= 0.3 is 0 Å². The van der Waals surface area contributed by atoms with Crippen molar-refractivity contribution in [1.29, 1.82) is 0 Å². The number of rotatable bonds is 8. The van der Waals surface area contributed by atoms with Gasteiger partial charge in [-0.25, -0.2) is 0 Å². The highest BCUT2D eigenvalue weighted by atomic mass is 16.6. The van der Waals surface area contributed by atoms with E-state index in [4.69, 9.17) is 18.6 Å². The van der Waals surface area contributed by atoms with E-state index in [0.29, 0.717) is 29.7 Å². The normalized spacial score (nSPS) is 10.7. The number of methoxy groups -OCH3 is 2. The Hall–Kier alpha value is -3.41. The number of aryl methyl sites for hydroxylation is 1. The monoisotopic (exact) mass is 409 g/mol. The summed E-state index contributed by atoms with van der Waals surface area (Å²) in [6, 6.07) is 14.8. The molecule has 0 atom stereocenters. The molecule has 1 heterocycles. The first-order chi connectivity index (χ1) is 14.4. The molecule has 6 heteroatoms. The minimum absolute atomic E-state index is 0.176. The zero-order chi connectivity index (χ0) is 21.7. The van der Waals surface area contributed by atoms with E-state index in [1.807, 2.05) is 31.2 Å². The average molecular weight is 409 g/mol.